The third kappa shape index (κ3) is 4.59. The van der Waals surface area contributed by atoms with Crippen LogP contribution >= 0.6 is 11.6 Å². The van der Waals surface area contributed by atoms with Crippen molar-refractivity contribution in [2.24, 2.45) is 0 Å². The maximum absolute atomic E-state index is 11.5. The number of carbonyl (C=O) groups excluding carboxylic acids is 1. The largest absolute Gasteiger partial charge is 0.457 e. The number of hydrogen-bond acceptors (Lipinski definition) is 2. The van der Waals surface area contributed by atoms with Gasteiger partial charge in [-0.2, -0.15) is 0 Å². The highest BCUT2D eigenvalue weighted by atomic mass is 35.5. The van der Waals surface area contributed by atoms with Crippen molar-refractivity contribution in [2.75, 3.05) is 11.2 Å². The number of halogens is 1. The van der Waals surface area contributed by atoms with Gasteiger partial charge in [0.05, 0.1) is 0 Å². The van der Waals surface area contributed by atoms with Crippen molar-refractivity contribution in [3.8, 4) is 11.5 Å². The van der Waals surface area contributed by atoms with Gasteiger partial charge in [-0.25, -0.2) is 0 Å². The van der Waals surface area contributed by atoms with Gasteiger partial charge < -0.3 is 10.1 Å². The molecule has 0 fully saturated rings. The predicted octanol–water partition coefficient (Wildman–Crippen LogP) is 4.44. The number of alkyl halides is 1. The van der Waals surface area contributed by atoms with E-state index in [9.17, 15) is 4.79 Å². The highest BCUT2D eigenvalue weighted by molar-refractivity contribution is 6.18. The van der Waals surface area contributed by atoms with E-state index in [1.54, 1.807) is 0 Å². The van der Waals surface area contributed by atoms with Crippen molar-refractivity contribution in [3.63, 3.8) is 0 Å². The van der Waals surface area contributed by atoms with Gasteiger partial charge in [0.25, 0.3) is 0 Å². The van der Waals surface area contributed by atoms with Crippen LogP contribution in [0, 0.1) is 0 Å². The second-order valence-corrected chi connectivity index (χ2v) is 4.66. The number of rotatable bonds is 6. The lowest BCUT2D eigenvalue weighted by Crippen LogP contribution is -2.11. The normalized spacial score (nSPS) is 10.1. The Morgan fingerprint density at radius 2 is 1.65 bits per heavy atom. The number of anilines is 1. The molecule has 0 unspecified atom stereocenters. The molecule has 3 nitrogen and oxygen atoms in total. The minimum absolute atomic E-state index is 0.0256. The van der Waals surface area contributed by atoms with E-state index < -0.39 is 0 Å². The topological polar surface area (TPSA) is 38.3 Å². The molecule has 0 heterocycles. The van der Waals surface area contributed by atoms with Crippen LogP contribution < -0.4 is 10.1 Å². The van der Waals surface area contributed by atoms with E-state index in [4.69, 9.17) is 16.3 Å². The molecule has 0 saturated carbocycles. The average molecular weight is 290 g/mol. The lowest BCUT2D eigenvalue weighted by molar-refractivity contribution is -0.116. The highest BCUT2D eigenvalue weighted by Gasteiger charge is 2.02. The second-order valence-electron chi connectivity index (χ2n) is 4.28. The summed E-state index contributed by atoms with van der Waals surface area (Å²) in [6.07, 6.45) is 1.12. The zero-order valence-corrected chi connectivity index (χ0v) is 11.8. The summed E-state index contributed by atoms with van der Waals surface area (Å²) in [5, 5.41) is 2.81. The van der Waals surface area contributed by atoms with E-state index >= 15 is 0 Å². The Bertz CT molecular complexity index is 540. The van der Waals surface area contributed by atoms with Crippen molar-refractivity contribution in [1.82, 2.24) is 0 Å². The third-order valence-electron chi connectivity index (χ3n) is 2.65. The van der Waals surface area contributed by atoms with Crippen LogP contribution in [0.2, 0.25) is 0 Å². The smallest absolute Gasteiger partial charge is 0.224 e. The number of hydrogen-bond donors (Lipinski definition) is 1. The highest BCUT2D eigenvalue weighted by Crippen LogP contribution is 2.22. The van der Waals surface area contributed by atoms with Crippen molar-refractivity contribution in [3.05, 3.63) is 54.6 Å². The summed E-state index contributed by atoms with van der Waals surface area (Å²) in [6.45, 7) is 0. The van der Waals surface area contributed by atoms with Crippen LogP contribution in [0.3, 0.4) is 0 Å². The van der Waals surface area contributed by atoms with Crippen molar-refractivity contribution >= 4 is 23.2 Å². The van der Waals surface area contributed by atoms with Crippen LogP contribution in [0.15, 0.2) is 54.6 Å². The zero-order chi connectivity index (χ0) is 14.2. The van der Waals surface area contributed by atoms with Crippen LogP contribution in [-0.2, 0) is 4.79 Å². The number of carbonyl (C=O) groups is 1. The monoisotopic (exact) mass is 289 g/mol. The maximum atomic E-state index is 11.5. The summed E-state index contributed by atoms with van der Waals surface area (Å²) in [5.74, 6) is 1.99. The summed E-state index contributed by atoms with van der Waals surface area (Å²) < 4.78 is 5.67. The fourth-order valence-corrected chi connectivity index (χ4v) is 1.82. The molecule has 1 N–H and O–H groups in total. The lowest BCUT2D eigenvalue weighted by Gasteiger charge is -2.07. The molecular weight excluding hydrogens is 274 g/mol. The quantitative estimate of drug-likeness (QED) is 0.799. The van der Waals surface area contributed by atoms with Gasteiger partial charge in [-0.1, -0.05) is 18.2 Å². The molecule has 20 heavy (non-hydrogen) atoms. The molecule has 0 spiro atoms. The fraction of sp³-hybridized carbons (Fsp3) is 0.188. The third-order valence-corrected chi connectivity index (χ3v) is 2.92. The maximum Gasteiger partial charge on any atom is 0.224 e. The molecule has 2 aromatic carbocycles. The van der Waals surface area contributed by atoms with Crippen LogP contribution in [-0.4, -0.2) is 11.8 Å². The Hall–Kier alpha value is -2.00. The predicted molar refractivity (Wildman–Crippen MR) is 81.5 cm³/mol. The van der Waals surface area contributed by atoms with E-state index in [1.165, 1.54) is 0 Å². The molecule has 0 aliphatic rings. The van der Waals surface area contributed by atoms with E-state index in [2.05, 4.69) is 5.32 Å². The molecule has 2 aromatic rings. The Morgan fingerprint density at radius 1 is 1.00 bits per heavy atom. The van der Waals surface area contributed by atoms with Crippen molar-refractivity contribution < 1.29 is 9.53 Å². The first-order valence-corrected chi connectivity index (χ1v) is 7.00. The van der Waals surface area contributed by atoms with Crippen LogP contribution in [0.1, 0.15) is 12.8 Å². The fourth-order valence-electron chi connectivity index (χ4n) is 1.68. The van der Waals surface area contributed by atoms with Crippen LogP contribution in [0.5, 0.6) is 11.5 Å². The lowest BCUT2D eigenvalue weighted by atomic mass is 10.2. The zero-order valence-electron chi connectivity index (χ0n) is 11.0. The first-order valence-electron chi connectivity index (χ1n) is 6.47. The molecule has 2 rings (SSSR count). The Morgan fingerprint density at radius 3 is 2.30 bits per heavy atom. The summed E-state index contributed by atoms with van der Waals surface area (Å²) in [7, 11) is 0. The van der Waals surface area contributed by atoms with Gasteiger partial charge in [0.15, 0.2) is 0 Å². The Kier molecular flexibility index (Phi) is 5.44. The van der Waals surface area contributed by atoms with Gasteiger partial charge in [-0.15, -0.1) is 11.6 Å². The average Bonchev–Trinajstić information content (AvgIpc) is 2.48. The summed E-state index contributed by atoms with van der Waals surface area (Å²) >= 11 is 5.55. The molecule has 0 bridgehead atoms. The Labute approximate surface area is 123 Å². The molecule has 1 amide bonds. The van der Waals surface area contributed by atoms with Gasteiger partial charge in [-0.05, 0) is 42.8 Å². The first-order chi connectivity index (χ1) is 9.78. The molecule has 0 aliphatic heterocycles. The molecule has 0 radical (unpaired) electrons. The number of benzene rings is 2. The number of para-hydroxylation sites is 1. The minimum Gasteiger partial charge on any atom is -0.457 e. The molecule has 0 aromatic heterocycles. The molecule has 4 heteroatoms. The van der Waals surface area contributed by atoms with Gasteiger partial charge in [0, 0.05) is 18.0 Å². The van der Waals surface area contributed by atoms with E-state index in [0.717, 1.165) is 17.2 Å². The van der Waals surface area contributed by atoms with Crippen molar-refractivity contribution in [1.29, 1.82) is 0 Å². The standard InChI is InChI=1S/C16H16ClNO2/c17-12-4-7-16(19)18-13-8-10-15(11-9-13)20-14-5-2-1-3-6-14/h1-3,5-6,8-11H,4,7,12H2,(H,18,19). The molecule has 0 saturated heterocycles. The summed E-state index contributed by atoms with van der Waals surface area (Å²) in [5.41, 5.74) is 0.755. The van der Waals surface area contributed by atoms with Gasteiger partial charge in [-0.3, -0.25) is 4.79 Å². The van der Waals surface area contributed by atoms with E-state index in [0.29, 0.717) is 18.7 Å². The van der Waals surface area contributed by atoms with Gasteiger partial charge >= 0.3 is 0 Å². The molecular formula is C16H16ClNO2. The Balaban J connectivity index is 1.91. The van der Waals surface area contributed by atoms with Crippen LogP contribution in [0.4, 0.5) is 5.69 Å². The molecule has 0 atom stereocenters. The first kappa shape index (κ1) is 14.4. The minimum atomic E-state index is -0.0256. The SMILES string of the molecule is O=C(CCCCl)Nc1ccc(Oc2ccccc2)cc1. The molecule has 0 aliphatic carbocycles. The van der Waals surface area contributed by atoms with E-state index in [-0.39, 0.29) is 5.91 Å². The summed E-state index contributed by atoms with van der Waals surface area (Å²) in [6, 6.07) is 16.8. The molecule has 104 valence electrons. The number of ether oxygens (including phenoxy) is 1. The second kappa shape index (κ2) is 7.56. The van der Waals surface area contributed by atoms with Crippen LogP contribution in [0.25, 0.3) is 0 Å². The van der Waals surface area contributed by atoms with Crippen molar-refractivity contribution in [2.45, 2.75) is 12.8 Å². The van der Waals surface area contributed by atoms with Gasteiger partial charge in [0.1, 0.15) is 11.5 Å². The number of amides is 1. The van der Waals surface area contributed by atoms with E-state index in [1.807, 2.05) is 54.6 Å². The number of nitrogens with one attached hydrogen (secondary N) is 1. The summed E-state index contributed by atoms with van der Waals surface area (Å²) in [4.78, 5) is 11.5. The van der Waals surface area contributed by atoms with Gasteiger partial charge in [0.2, 0.25) is 5.91 Å².